The Morgan fingerprint density at radius 1 is 1.40 bits per heavy atom. The van der Waals surface area contributed by atoms with Crippen molar-refractivity contribution in [3.63, 3.8) is 0 Å². The summed E-state index contributed by atoms with van der Waals surface area (Å²) in [7, 11) is 0. The van der Waals surface area contributed by atoms with E-state index in [1.54, 1.807) is 0 Å². The van der Waals surface area contributed by atoms with Crippen molar-refractivity contribution < 1.29 is 10.2 Å². The molecule has 1 aliphatic heterocycles. The Hall–Kier alpha value is -1.01. The molecule has 4 N–H and O–H groups in total. The van der Waals surface area contributed by atoms with E-state index in [4.69, 9.17) is 18.0 Å². The zero-order valence-corrected chi connectivity index (χ0v) is 12.4. The maximum atomic E-state index is 10.3. The number of thiocarbonyl (C=S) groups is 1. The minimum atomic E-state index is -0.521. The van der Waals surface area contributed by atoms with Gasteiger partial charge < -0.3 is 20.8 Å². The summed E-state index contributed by atoms with van der Waals surface area (Å²) in [5.74, 6) is 0.341. The van der Waals surface area contributed by atoms with E-state index in [1.165, 1.54) is 0 Å². The Morgan fingerprint density at radius 2 is 2.10 bits per heavy atom. The number of rotatable bonds is 5. The van der Waals surface area contributed by atoms with Gasteiger partial charge in [0.1, 0.15) is 4.99 Å². The van der Waals surface area contributed by atoms with Gasteiger partial charge in [-0.3, -0.25) is 0 Å². The number of aliphatic hydroxyl groups excluding tert-OH is 2. The largest absolute Gasteiger partial charge is 0.396 e. The van der Waals surface area contributed by atoms with E-state index in [9.17, 15) is 10.2 Å². The summed E-state index contributed by atoms with van der Waals surface area (Å²) in [6, 6.07) is 7.42. The lowest BCUT2D eigenvalue weighted by Crippen LogP contribution is -2.39. The van der Waals surface area contributed by atoms with E-state index in [0.29, 0.717) is 17.5 Å². The fraction of sp³-hybridized carbons (Fsp3) is 0.533. The molecular formula is C15H22N2O2S. The number of benzene rings is 1. The Kier molecular flexibility index (Phi) is 5.48. The summed E-state index contributed by atoms with van der Waals surface area (Å²) in [5.41, 5.74) is 7.24. The maximum absolute atomic E-state index is 10.3. The van der Waals surface area contributed by atoms with Crippen molar-refractivity contribution in [1.82, 2.24) is 4.90 Å². The number of likely N-dealkylation sites (tertiary alicyclic amines) is 1. The summed E-state index contributed by atoms with van der Waals surface area (Å²) in [6.07, 6.45) is 1.64. The van der Waals surface area contributed by atoms with Crippen LogP contribution in [-0.2, 0) is 0 Å². The van der Waals surface area contributed by atoms with E-state index in [0.717, 1.165) is 37.1 Å². The minimum absolute atomic E-state index is 0.231. The molecule has 2 unspecified atom stereocenters. The van der Waals surface area contributed by atoms with Gasteiger partial charge in [-0.15, -0.1) is 0 Å². The van der Waals surface area contributed by atoms with Gasteiger partial charge in [0, 0.05) is 25.3 Å². The first kappa shape index (κ1) is 15.4. The average Bonchev–Trinajstić information content (AvgIpc) is 2.47. The standard InChI is InChI=1S/C15H22N2O2S/c16-15(20)13-5-3-12(4-6-13)14(19)9-17-7-1-2-11(8-17)10-18/h3-6,11,14,18-19H,1-2,7-10H2,(H2,16,20). The SMILES string of the molecule is NC(=S)c1ccc(C(O)CN2CCCC(CO)C2)cc1. The van der Waals surface area contributed by atoms with Crippen molar-refractivity contribution in [3.05, 3.63) is 35.4 Å². The Morgan fingerprint density at radius 3 is 2.70 bits per heavy atom. The molecule has 2 rings (SSSR count). The highest BCUT2D eigenvalue weighted by Gasteiger charge is 2.21. The van der Waals surface area contributed by atoms with Gasteiger partial charge in [-0.2, -0.15) is 0 Å². The summed E-state index contributed by atoms with van der Waals surface area (Å²) >= 11 is 4.91. The van der Waals surface area contributed by atoms with Gasteiger partial charge in [-0.1, -0.05) is 36.5 Å². The molecule has 0 spiro atoms. The van der Waals surface area contributed by atoms with Crippen LogP contribution in [0.2, 0.25) is 0 Å². The molecule has 5 heteroatoms. The number of hydrogen-bond acceptors (Lipinski definition) is 4. The second kappa shape index (κ2) is 7.13. The molecule has 0 aromatic heterocycles. The van der Waals surface area contributed by atoms with Crippen LogP contribution in [0.3, 0.4) is 0 Å². The molecule has 1 aromatic carbocycles. The van der Waals surface area contributed by atoms with Crippen LogP contribution in [0.5, 0.6) is 0 Å². The highest BCUT2D eigenvalue weighted by molar-refractivity contribution is 7.80. The molecule has 0 bridgehead atoms. The van der Waals surface area contributed by atoms with Crippen molar-refractivity contribution in [3.8, 4) is 0 Å². The zero-order chi connectivity index (χ0) is 14.5. The topological polar surface area (TPSA) is 69.7 Å². The third-order valence-corrected chi connectivity index (χ3v) is 4.11. The van der Waals surface area contributed by atoms with E-state index >= 15 is 0 Å². The minimum Gasteiger partial charge on any atom is -0.396 e. The summed E-state index contributed by atoms with van der Waals surface area (Å²) in [5, 5.41) is 19.5. The fourth-order valence-electron chi connectivity index (χ4n) is 2.69. The lowest BCUT2D eigenvalue weighted by molar-refractivity contribution is 0.0678. The molecule has 4 nitrogen and oxygen atoms in total. The van der Waals surface area contributed by atoms with Crippen LogP contribution < -0.4 is 5.73 Å². The monoisotopic (exact) mass is 294 g/mol. The molecule has 1 aliphatic rings. The van der Waals surface area contributed by atoms with Gasteiger partial charge in [-0.25, -0.2) is 0 Å². The van der Waals surface area contributed by atoms with E-state index in [1.807, 2.05) is 24.3 Å². The maximum Gasteiger partial charge on any atom is 0.103 e. The van der Waals surface area contributed by atoms with E-state index < -0.39 is 6.10 Å². The second-order valence-corrected chi connectivity index (χ2v) is 5.89. The second-order valence-electron chi connectivity index (χ2n) is 5.45. The van der Waals surface area contributed by atoms with E-state index in [2.05, 4.69) is 4.90 Å². The molecule has 1 saturated heterocycles. The third-order valence-electron chi connectivity index (χ3n) is 3.87. The third kappa shape index (κ3) is 3.99. The van der Waals surface area contributed by atoms with Crippen LogP contribution in [0.15, 0.2) is 24.3 Å². The highest BCUT2D eigenvalue weighted by atomic mass is 32.1. The van der Waals surface area contributed by atoms with Crippen molar-refractivity contribution in [2.24, 2.45) is 11.7 Å². The first-order chi connectivity index (χ1) is 9.60. The van der Waals surface area contributed by atoms with Crippen LogP contribution >= 0.6 is 12.2 Å². The predicted molar refractivity (Wildman–Crippen MR) is 83.5 cm³/mol. The molecule has 110 valence electrons. The lowest BCUT2D eigenvalue weighted by atomic mass is 9.98. The number of piperidine rings is 1. The van der Waals surface area contributed by atoms with Gasteiger partial charge in [0.2, 0.25) is 0 Å². The molecular weight excluding hydrogens is 272 g/mol. The molecule has 0 aliphatic carbocycles. The van der Waals surface area contributed by atoms with Gasteiger partial charge in [0.05, 0.1) is 6.10 Å². The molecule has 0 saturated carbocycles. The molecule has 1 fully saturated rings. The normalized spacial score (nSPS) is 21.6. The quantitative estimate of drug-likeness (QED) is 0.708. The molecule has 1 heterocycles. The van der Waals surface area contributed by atoms with Gasteiger partial charge in [0.15, 0.2) is 0 Å². The first-order valence-electron chi connectivity index (χ1n) is 7.01. The predicted octanol–water partition coefficient (Wildman–Crippen LogP) is 1.06. The van der Waals surface area contributed by atoms with Gasteiger partial charge >= 0.3 is 0 Å². The van der Waals surface area contributed by atoms with Crippen molar-refractivity contribution in [1.29, 1.82) is 0 Å². The lowest BCUT2D eigenvalue weighted by Gasteiger charge is -2.33. The molecule has 0 radical (unpaired) electrons. The smallest absolute Gasteiger partial charge is 0.103 e. The van der Waals surface area contributed by atoms with Crippen molar-refractivity contribution in [2.75, 3.05) is 26.2 Å². The molecule has 20 heavy (non-hydrogen) atoms. The number of nitrogens with two attached hydrogens (primary N) is 1. The van der Waals surface area contributed by atoms with Crippen molar-refractivity contribution >= 4 is 17.2 Å². The zero-order valence-electron chi connectivity index (χ0n) is 11.5. The van der Waals surface area contributed by atoms with Crippen LogP contribution in [0.25, 0.3) is 0 Å². The van der Waals surface area contributed by atoms with Crippen LogP contribution in [0.4, 0.5) is 0 Å². The average molecular weight is 294 g/mol. The summed E-state index contributed by atoms with van der Waals surface area (Å²) in [6.45, 7) is 2.68. The fourth-order valence-corrected chi connectivity index (χ4v) is 2.82. The number of aliphatic hydroxyl groups is 2. The Labute approximate surface area is 125 Å². The van der Waals surface area contributed by atoms with Crippen LogP contribution in [-0.4, -0.2) is 46.3 Å². The molecule has 2 atom stereocenters. The molecule has 0 amide bonds. The summed E-state index contributed by atoms with van der Waals surface area (Å²) < 4.78 is 0. The van der Waals surface area contributed by atoms with E-state index in [-0.39, 0.29) is 6.61 Å². The van der Waals surface area contributed by atoms with Crippen LogP contribution in [0, 0.1) is 5.92 Å². The number of β-amino-alcohol motifs (C(OH)–C–C–N with tert-alkyl or cyclic N) is 1. The van der Waals surface area contributed by atoms with Gasteiger partial charge in [-0.05, 0) is 30.9 Å². The summed E-state index contributed by atoms with van der Waals surface area (Å²) in [4.78, 5) is 2.59. The highest BCUT2D eigenvalue weighted by Crippen LogP contribution is 2.20. The number of nitrogens with zero attached hydrogens (tertiary/aromatic N) is 1. The number of hydrogen-bond donors (Lipinski definition) is 3. The Balaban J connectivity index is 1.93. The first-order valence-corrected chi connectivity index (χ1v) is 7.42. The Bertz CT molecular complexity index is 450. The molecule has 1 aromatic rings. The van der Waals surface area contributed by atoms with Crippen molar-refractivity contribution in [2.45, 2.75) is 18.9 Å². The van der Waals surface area contributed by atoms with Crippen LogP contribution in [0.1, 0.15) is 30.1 Å². The van der Waals surface area contributed by atoms with Gasteiger partial charge in [0.25, 0.3) is 0 Å².